The van der Waals surface area contributed by atoms with Gasteiger partial charge in [-0.1, -0.05) is 38.3 Å². The second kappa shape index (κ2) is 6.39. The van der Waals surface area contributed by atoms with Gasteiger partial charge in [0, 0.05) is 6.04 Å². The molecule has 0 aromatic rings. The quantitative estimate of drug-likeness (QED) is 0.550. The number of aliphatic carboxylic acids is 1. The molecule has 0 aromatic heterocycles. The summed E-state index contributed by atoms with van der Waals surface area (Å²) in [6, 6.07) is 0.0756. The van der Waals surface area contributed by atoms with Crippen molar-refractivity contribution in [3.8, 4) is 0 Å². The topological polar surface area (TPSA) is 75.6 Å². The first-order chi connectivity index (χ1) is 9.54. The normalized spacial score (nSPS) is 32.3. The standard InChI is InChI=1S/C15H23NO4/c1-3-4-5-6-9(2)16-14(17)12-10-7-8-11(20-10)13(12)15(18)19/h7-13H,3-6H2,1-2H3,(H,16,17)(H,18,19)/t9-,10+,11+,12+,13+/m1/s1. The third-order valence-corrected chi connectivity index (χ3v) is 4.12. The molecule has 5 heteroatoms. The highest BCUT2D eigenvalue weighted by molar-refractivity contribution is 5.87. The van der Waals surface area contributed by atoms with E-state index in [0.29, 0.717) is 0 Å². The summed E-state index contributed by atoms with van der Waals surface area (Å²) in [5, 5.41) is 12.2. The van der Waals surface area contributed by atoms with Gasteiger partial charge in [0.05, 0.1) is 18.1 Å². The SMILES string of the molecule is CCCCC[C@@H](C)NC(=O)[C@@H]1[C@@H](C(=O)O)[C@@H]2C=C[C@@H]1O2. The van der Waals surface area contributed by atoms with Crippen LogP contribution in [0.5, 0.6) is 0 Å². The van der Waals surface area contributed by atoms with Crippen LogP contribution in [0.4, 0.5) is 0 Å². The van der Waals surface area contributed by atoms with Crippen LogP contribution in [0.3, 0.4) is 0 Å². The molecular weight excluding hydrogens is 258 g/mol. The third kappa shape index (κ3) is 3.03. The van der Waals surface area contributed by atoms with Crippen LogP contribution in [0.1, 0.15) is 39.5 Å². The number of carbonyl (C=O) groups is 2. The van der Waals surface area contributed by atoms with Gasteiger partial charge in [-0.25, -0.2) is 0 Å². The number of carboxylic acids is 1. The van der Waals surface area contributed by atoms with Crippen molar-refractivity contribution in [2.24, 2.45) is 11.8 Å². The lowest BCUT2D eigenvalue weighted by Gasteiger charge is -2.23. The number of carboxylic acid groups (broad SMARTS) is 1. The van der Waals surface area contributed by atoms with Gasteiger partial charge >= 0.3 is 5.97 Å². The Balaban J connectivity index is 1.91. The number of hydrogen-bond acceptors (Lipinski definition) is 3. The van der Waals surface area contributed by atoms with Crippen molar-refractivity contribution in [3.63, 3.8) is 0 Å². The van der Waals surface area contributed by atoms with Gasteiger partial charge in [0.1, 0.15) is 5.92 Å². The van der Waals surface area contributed by atoms with Gasteiger partial charge in [0.15, 0.2) is 0 Å². The smallest absolute Gasteiger partial charge is 0.310 e. The summed E-state index contributed by atoms with van der Waals surface area (Å²) in [6.45, 7) is 4.10. The predicted octanol–water partition coefficient (Wildman–Crippen LogP) is 1.73. The fourth-order valence-electron chi connectivity index (χ4n) is 3.03. The molecule has 2 heterocycles. The number of nitrogens with one attached hydrogen (secondary N) is 1. The van der Waals surface area contributed by atoms with Crippen LogP contribution in [0.25, 0.3) is 0 Å². The Bertz CT molecular complexity index is 407. The van der Waals surface area contributed by atoms with Crippen molar-refractivity contribution in [1.29, 1.82) is 0 Å². The molecular formula is C15H23NO4. The van der Waals surface area contributed by atoms with Crippen molar-refractivity contribution in [2.75, 3.05) is 0 Å². The Morgan fingerprint density at radius 1 is 1.25 bits per heavy atom. The summed E-state index contributed by atoms with van der Waals surface area (Å²) in [7, 11) is 0. The molecule has 112 valence electrons. The number of amides is 1. The van der Waals surface area contributed by atoms with E-state index in [1.807, 2.05) is 6.92 Å². The molecule has 0 unspecified atom stereocenters. The number of fused-ring (bicyclic) bond motifs is 2. The van der Waals surface area contributed by atoms with E-state index in [1.54, 1.807) is 12.2 Å². The van der Waals surface area contributed by atoms with Crippen molar-refractivity contribution in [3.05, 3.63) is 12.2 Å². The number of rotatable bonds is 7. The second-order valence-corrected chi connectivity index (χ2v) is 5.75. The van der Waals surface area contributed by atoms with E-state index < -0.39 is 23.9 Å². The maximum atomic E-state index is 12.3. The molecule has 1 fully saturated rings. The molecule has 2 aliphatic rings. The fourth-order valence-corrected chi connectivity index (χ4v) is 3.03. The van der Waals surface area contributed by atoms with Crippen LogP contribution in [0, 0.1) is 11.8 Å². The summed E-state index contributed by atoms with van der Waals surface area (Å²) < 4.78 is 5.51. The Labute approximate surface area is 119 Å². The second-order valence-electron chi connectivity index (χ2n) is 5.75. The van der Waals surface area contributed by atoms with E-state index in [1.165, 1.54) is 0 Å². The lowest BCUT2D eigenvalue weighted by atomic mass is 9.82. The molecule has 0 spiro atoms. The van der Waals surface area contributed by atoms with Gasteiger partial charge in [-0.15, -0.1) is 0 Å². The Morgan fingerprint density at radius 2 is 1.90 bits per heavy atom. The van der Waals surface area contributed by atoms with E-state index in [0.717, 1.165) is 25.7 Å². The Morgan fingerprint density at radius 3 is 2.50 bits per heavy atom. The number of carbonyl (C=O) groups excluding carboxylic acids is 1. The average Bonchev–Trinajstić information content (AvgIpc) is 2.98. The van der Waals surface area contributed by atoms with Crippen molar-refractivity contribution < 1.29 is 19.4 Å². The minimum Gasteiger partial charge on any atom is -0.481 e. The Hall–Kier alpha value is -1.36. The minimum absolute atomic E-state index is 0.0756. The molecule has 2 N–H and O–H groups in total. The lowest BCUT2D eigenvalue weighted by Crippen LogP contribution is -2.45. The predicted molar refractivity (Wildman–Crippen MR) is 74.2 cm³/mol. The first-order valence-corrected chi connectivity index (χ1v) is 7.41. The zero-order valence-electron chi connectivity index (χ0n) is 12.0. The van der Waals surface area contributed by atoms with Crippen LogP contribution in [0.2, 0.25) is 0 Å². The van der Waals surface area contributed by atoms with E-state index >= 15 is 0 Å². The highest BCUT2D eigenvalue weighted by Gasteiger charge is 2.53. The van der Waals surface area contributed by atoms with Crippen LogP contribution in [0.15, 0.2) is 12.2 Å². The van der Waals surface area contributed by atoms with Gasteiger partial charge < -0.3 is 15.2 Å². The average molecular weight is 281 g/mol. The van der Waals surface area contributed by atoms with Gasteiger partial charge in [-0.05, 0) is 13.3 Å². The molecule has 1 amide bonds. The van der Waals surface area contributed by atoms with E-state index in [2.05, 4.69) is 12.2 Å². The molecule has 0 aliphatic carbocycles. The molecule has 5 atom stereocenters. The van der Waals surface area contributed by atoms with Gasteiger partial charge in [0.25, 0.3) is 0 Å². The van der Waals surface area contributed by atoms with E-state index in [9.17, 15) is 14.7 Å². The first-order valence-electron chi connectivity index (χ1n) is 7.41. The molecule has 0 saturated carbocycles. The van der Waals surface area contributed by atoms with Crippen molar-refractivity contribution >= 4 is 11.9 Å². The number of ether oxygens (including phenoxy) is 1. The fraction of sp³-hybridized carbons (Fsp3) is 0.733. The molecule has 20 heavy (non-hydrogen) atoms. The summed E-state index contributed by atoms with van der Waals surface area (Å²) in [6.07, 6.45) is 7.01. The zero-order chi connectivity index (χ0) is 14.7. The van der Waals surface area contributed by atoms with Crippen molar-refractivity contribution in [1.82, 2.24) is 5.32 Å². The number of unbranched alkanes of at least 4 members (excludes halogenated alkanes) is 2. The largest absolute Gasteiger partial charge is 0.481 e. The summed E-state index contributed by atoms with van der Waals surface area (Å²) in [4.78, 5) is 23.6. The van der Waals surface area contributed by atoms with Crippen LogP contribution in [-0.4, -0.2) is 35.2 Å². The van der Waals surface area contributed by atoms with Gasteiger partial charge in [-0.2, -0.15) is 0 Å². The summed E-state index contributed by atoms with van der Waals surface area (Å²) in [5.41, 5.74) is 0. The van der Waals surface area contributed by atoms with E-state index in [4.69, 9.17) is 4.74 Å². The zero-order valence-corrected chi connectivity index (χ0v) is 12.0. The van der Waals surface area contributed by atoms with Crippen LogP contribution >= 0.6 is 0 Å². The molecule has 5 nitrogen and oxygen atoms in total. The van der Waals surface area contributed by atoms with E-state index in [-0.39, 0.29) is 18.1 Å². The monoisotopic (exact) mass is 281 g/mol. The molecule has 1 saturated heterocycles. The Kier molecular flexibility index (Phi) is 4.81. The van der Waals surface area contributed by atoms with Crippen LogP contribution < -0.4 is 5.32 Å². The maximum absolute atomic E-state index is 12.3. The van der Waals surface area contributed by atoms with Gasteiger partial charge in [0.2, 0.25) is 5.91 Å². The third-order valence-electron chi connectivity index (χ3n) is 4.12. The molecule has 0 radical (unpaired) electrons. The summed E-state index contributed by atoms with van der Waals surface area (Å²) in [5.74, 6) is -2.51. The molecule has 2 bridgehead atoms. The molecule has 2 rings (SSSR count). The van der Waals surface area contributed by atoms with Crippen molar-refractivity contribution in [2.45, 2.75) is 57.8 Å². The summed E-state index contributed by atoms with van der Waals surface area (Å²) >= 11 is 0. The first kappa shape index (κ1) is 15.0. The maximum Gasteiger partial charge on any atom is 0.310 e. The minimum atomic E-state index is -0.958. The molecule has 0 aromatic carbocycles. The highest BCUT2D eigenvalue weighted by atomic mass is 16.5. The van der Waals surface area contributed by atoms with Gasteiger partial charge in [-0.3, -0.25) is 9.59 Å². The lowest BCUT2D eigenvalue weighted by molar-refractivity contribution is -0.146. The number of hydrogen-bond donors (Lipinski definition) is 2. The van der Waals surface area contributed by atoms with Crippen LogP contribution in [-0.2, 0) is 14.3 Å². The molecule has 2 aliphatic heterocycles. The highest BCUT2D eigenvalue weighted by Crippen LogP contribution is 2.39.